The quantitative estimate of drug-likeness (QED) is 0.425. The number of methoxy groups -OCH3 is 1. The number of carbonyl (C=O) groups is 2. The van der Waals surface area contributed by atoms with Crippen molar-refractivity contribution in [3.05, 3.63) is 95.2 Å². The second kappa shape index (κ2) is 8.60. The Morgan fingerprint density at radius 2 is 1.97 bits per heavy atom. The molecule has 0 spiro atoms. The maximum Gasteiger partial charge on any atom is 0.274 e. The minimum atomic E-state index is -0.756. The Bertz CT molecular complexity index is 1420. The highest BCUT2D eigenvalue weighted by Gasteiger charge is 2.32. The van der Waals surface area contributed by atoms with Gasteiger partial charge in [0.15, 0.2) is 0 Å². The van der Waals surface area contributed by atoms with Crippen LogP contribution in [-0.2, 0) is 6.42 Å². The Kier molecular flexibility index (Phi) is 5.46. The molecular weight excluding hydrogens is 439 g/mol. The number of aliphatic hydroxyl groups excluding tert-OH is 1. The van der Waals surface area contributed by atoms with Crippen LogP contribution in [0, 0.1) is 5.82 Å². The Hall–Kier alpha value is -4.24. The number of aliphatic hydroxyl groups is 1. The van der Waals surface area contributed by atoms with Gasteiger partial charge in [-0.2, -0.15) is 0 Å². The Labute approximate surface area is 194 Å². The minimum absolute atomic E-state index is 0.146. The maximum atomic E-state index is 14.5. The van der Waals surface area contributed by atoms with Gasteiger partial charge in [0.1, 0.15) is 22.9 Å². The van der Waals surface area contributed by atoms with Gasteiger partial charge in [-0.3, -0.25) is 14.0 Å². The highest BCUT2D eigenvalue weighted by Crippen LogP contribution is 2.31. The lowest BCUT2D eigenvalue weighted by Gasteiger charge is -2.18. The number of pyridine rings is 1. The predicted molar refractivity (Wildman–Crippen MR) is 122 cm³/mol. The molecule has 2 aromatic carbocycles. The second-order valence-electron chi connectivity index (χ2n) is 8.01. The third kappa shape index (κ3) is 3.86. The van der Waals surface area contributed by atoms with Crippen LogP contribution in [0.15, 0.2) is 67.0 Å². The van der Waals surface area contributed by atoms with Gasteiger partial charge in [0, 0.05) is 12.0 Å². The molecular formula is C25H21FN4O4. The van der Waals surface area contributed by atoms with Gasteiger partial charge in [-0.05, 0) is 41.5 Å². The first-order chi connectivity index (χ1) is 16.4. The average Bonchev–Trinajstić information content (AvgIpc) is 3.40. The first-order valence-corrected chi connectivity index (χ1v) is 10.6. The standard InChI is InChI=1S/C25H21FN4O4/c1-34-16-7-9-22-27-12-20(30(22)13-16)25(33)28-19-10-15(6-8-18(19)26)24(32)29-23-17-5-3-2-4-14(17)11-21(23)31/h2-10,12-13,21,23,31H,11H2,1H3,(H,28,33)(H,29,32)/t21-,23+/m1/s1. The monoisotopic (exact) mass is 460 g/mol. The number of anilines is 1. The maximum absolute atomic E-state index is 14.5. The molecule has 5 rings (SSSR count). The molecule has 0 radical (unpaired) electrons. The van der Waals surface area contributed by atoms with E-state index in [-0.39, 0.29) is 16.9 Å². The lowest BCUT2D eigenvalue weighted by atomic mass is 10.1. The molecule has 34 heavy (non-hydrogen) atoms. The molecule has 0 unspecified atom stereocenters. The lowest BCUT2D eigenvalue weighted by Crippen LogP contribution is -2.34. The molecule has 2 amide bonds. The van der Waals surface area contributed by atoms with Crippen LogP contribution in [0.25, 0.3) is 5.65 Å². The Morgan fingerprint density at radius 1 is 1.15 bits per heavy atom. The van der Waals surface area contributed by atoms with Crippen LogP contribution in [-0.4, -0.2) is 39.5 Å². The summed E-state index contributed by atoms with van der Waals surface area (Å²) < 4.78 is 21.2. The van der Waals surface area contributed by atoms with Crippen LogP contribution >= 0.6 is 0 Å². The molecule has 1 aliphatic carbocycles. The highest BCUT2D eigenvalue weighted by molar-refractivity contribution is 6.04. The first-order valence-electron chi connectivity index (χ1n) is 10.6. The molecule has 0 saturated heterocycles. The van der Waals surface area contributed by atoms with Crippen LogP contribution < -0.4 is 15.4 Å². The summed E-state index contributed by atoms with van der Waals surface area (Å²) in [7, 11) is 1.51. The number of aromatic nitrogens is 2. The van der Waals surface area contributed by atoms with Crippen LogP contribution in [0.5, 0.6) is 5.75 Å². The average molecular weight is 460 g/mol. The number of hydrogen-bond donors (Lipinski definition) is 3. The zero-order valence-corrected chi connectivity index (χ0v) is 18.2. The molecule has 172 valence electrons. The minimum Gasteiger partial charge on any atom is -0.495 e. The number of nitrogens with zero attached hydrogens (tertiary/aromatic N) is 2. The second-order valence-corrected chi connectivity index (χ2v) is 8.01. The summed E-state index contributed by atoms with van der Waals surface area (Å²) in [5, 5.41) is 15.7. The van der Waals surface area contributed by atoms with Gasteiger partial charge in [0.05, 0.1) is 37.3 Å². The molecule has 0 aliphatic heterocycles. The summed E-state index contributed by atoms with van der Waals surface area (Å²) >= 11 is 0. The number of imidazole rings is 1. The van der Waals surface area contributed by atoms with Crippen molar-refractivity contribution in [3.8, 4) is 5.75 Å². The van der Waals surface area contributed by atoms with E-state index in [1.54, 1.807) is 18.3 Å². The van der Waals surface area contributed by atoms with Gasteiger partial charge < -0.3 is 20.5 Å². The number of carbonyl (C=O) groups excluding carboxylic acids is 2. The van der Waals surface area contributed by atoms with Gasteiger partial charge in [-0.25, -0.2) is 9.37 Å². The van der Waals surface area contributed by atoms with Crippen LogP contribution in [0.3, 0.4) is 0 Å². The van der Waals surface area contributed by atoms with Crippen molar-refractivity contribution in [1.82, 2.24) is 14.7 Å². The third-order valence-corrected chi connectivity index (χ3v) is 5.91. The van der Waals surface area contributed by atoms with Crippen LogP contribution in [0.4, 0.5) is 10.1 Å². The fourth-order valence-corrected chi connectivity index (χ4v) is 4.17. The number of rotatable bonds is 5. The van der Waals surface area contributed by atoms with E-state index < -0.39 is 29.8 Å². The molecule has 2 heterocycles. The van der Waals surface area contributed by atoms with Crippen LogP contribution in [0.1, 0.15) is 38.0 Å². The van der Waals surface area contributed by atoms with Crippen molar-refractivity contribution in [3.63, 3.8) is 0 Å². The molecule has 3 N–H and O–H groups in total. The summed E-state index contributed by atoms with van der Waals surface area (Å²) in [6, 6.07) is 14.0. The summed E-state index contributed by atoms with van der Waals surface area (Å²) in [6.07, 6.45) is 2.66. The van der Waals surface area contributed by atoms with E-state index in [9.17, 15) is 19.1 Å². The van der Waals surface area contributed by atoms with E-state index in [0.29, 0.717) is 17.8 Å². The molecule has 2 aromatic heterocycles. The third-order valence-electron chi connectivity index (χ3n) is 5.91. The van der Waals surface area contributed by atoms with Gasteiger partial charge in [-0.1, -0.05) is 24.3 Å². The van der Waals surface area contributed by atoms with Gasteiger partial charge >= 0.3 is 0 Å². The van der Waals surface area contributed by atoms with E-state index in [1.807, 2.05) is 24.3 Å². The molecule has 9 heteroatoms. The van der Waals surface area contributed by atoms with Crippen molar-refractivity contribution in [2.75, 3.05) is 12.4 Å². The van der Waals surface area contributed by atoms with E-state index in [4.69, 9.17) is 4.74 Å². The first kappa shape index (κ1) is 21.6. The molecule has 4 aromatic rings. The summed E-state index contributed by atoms with van der Waals surface area (Å²) in [4.78, 5) is 29.9. The van der Waals surface area contributed by atoms with Gasteiger partial charge in [-0.15, -0.1) is 0 Å². The fourth-order valence-electron chi connectivity index (χ4n) is 4.17. The van der Waals surface area contributed by atoms with Crippen molar-refractivity contribution in [2.45, 2.75) is 18.6 Å². The Morgan fingerprint density at radius 3 is 2.79 bits per heavy atom. The Balaban J connectivity index is 1.37. The van der Waals surface area contributed by atoms with Gasteiger partial charge in [0.25, 0.3) is 11.8 Å². The summed E-state index contributed by atoms with van der Waals surface area (Å²) in [5.41, 5.74) is 2.51. The normalized spacial score (nSPS) is 16.8. The molecule has 0 saturated carbocycles. The van der Waals surface area contributed by atoms with Crippen molar-refractivity contribution in [2.24, 2.45) is 0 Å². The number of amides is 2. The number of ether oxygens (including phenoxy) is 1. The molecule has 2 atom stereocenters. The number of halogens is 1. The summed E-state index contributed by atoms with van der Waals surface area (Å²) in [5.74, 6) is -1.25. The van der Waals surface area contributed by atoms with E-state index >= 15 is 0 Å². The van der Waals surface area contributed by atoms with Crippen molar-refractivity contribution < 1.29 is 23.8 Å². The van der Waals surface area contributed by atoms with E-state index in [1.165, 1.54) is 29.8 Å². The number of benzene rings is 2. The number of nitrogens with one attached hydrogen (secondary N) is 2. The molecule has 0 fully saturated rings. The van der Waals surface area contributed by atoms with Gasteiger partial charge in [0.2, 0.25) is 0 Å². The lowest BCUT2D eigenvalue weighted by molar-refractivity contribution is 0.0857. The van der Waals surface area contributed by atoms with E-state index in [0.717, 1.165) is 17.2 Å². The highest BCUT2D eigenvalue weighted by atomic mass is 19.1. The number of fused-ring (bicyclic) bond motifs is 2. The van der Waals surface area contributed by atoms with Crippen molar-refractivity contribution >= 4 is 23.1 Å². The smallest absolute Gasteiger partial charge is 0.274 e. The van der Waals surface area contributed by atoms with Crippen LogP contribution in [0.2, 0.25) is 0 Å². The topological polar surface area (TPSA) is 105 Å². The van der Waals surface area contributed by atoms with E-state index in [2.05, 4.69) is 15.6 Å². The fraction of sp³-hybridized carbons (Fsp3) is 0.160. The number of hydrogen-bond acceptors (Lipinski definition) is 5. The van der Waals surface area contributed by atoms with Crippen molar-refractivity contribution in [1.29, 1.82) is 0 Å². The SMILES string of the molecule is COc1ccc2ncc(C(=O)Nc3cc(C(=O)N[C@H]4c5ccccc5C[C@H]4O)ccc3F)n2c1. The molecule has 1 aliphatic rings. The zero-order chi connectivity index (χ0) is 23.8. The summed E-state index contributed by atoms with van der Waals surface area (Å²) in [6.45, 7) is 0. The molecule has 8 nitrogen and oxygen atoms in total. The predicted octanol–water partition coefficient (Wildman–Crippen LogP) is 3.12. The zero-order valence-electron chi connectivity index (χ0n) is 18.2. The molecule has 0 bridgehead atoms. The largest absolute Gasteiger partial charge is 0.495 e.